The van der Waals surface area contributed by atoms with Crippen molar-refractivity contribution in [2.45, 2.75) is 46.7 Å². The average Bonchev–Trinajstić information content (AvgIpc) is 2.75. The van der Waals surface area contributed by atoms with E-state index in [1.165, 1.54) is 22.4 Å². The Bertz CT molecular complexity index is 563. The van der Waals surface area contributed by atoms with E-state index in [0.29, 0.717) is 6.04 Å². The van der Waals surface area contributed by atoms with Crippen LogP contribution in [0.3, 0.4) is 0 Å². The molecule has 0 aliphatic heterocycles. The molecule has 0 amide bonds. The van der Waals surface area contributed by atoms with Gasteiger partial charge in [0.1, 0.15) is 0 Å². The Morgan fingerprint density at radius 2 is 1.80 bits per heavy atom. The minimum absolute atomic E-state index is 0.435. The van der Waals surface area contributed by atoms with Gasteiger partial charge in [0.2, 0.25) is 0 Å². The van der Waals surface area contributed by atoms with E-state index in [4.69, 9.17) is 0 Å². The summed E-state index contributed by atoms with van der Waals surface area (Å²) in [4.78, 5) is 0. The zero-order chi connectivity index (χ0) is 14.7. The molecule has 1 unspecified atom stereocenters. The van der Waals surface area contributed by atoms with Crippen LogP contribution in [0.1, 0.15) is 43.3 Å². The summed E-state index contributed by atoms with van der Waals surface area (Å²) in [5, 5.41) is 7.95. The normalized spacial score (nSPS) is 12.7. The van der Waals surface area contributed by atoms with Gasteiger partial charge in [0.05, 0.1) is 5.69 Å². The number of nitrogens with zero attached hydrogens (tertiary/aromatic N) is 2. The summed E-state index contributed by atoms with van der Waals surface area (Å²) in [6, 6.07) is 9.31. The summed E-state index contributed by atoms with van der Waals surface area (Å²) in [7, 11) is 2.02. The molecular weight excluding hydrogens is 246 g/mol. The van der Waals surface area contributed by atoms with Crippen molar-refractivity contribution in [2.75, 3.05) is 7.05 Å². The number of hydrogen-bond acceptors (Lipinski definition) is 2. The summed E-state index contributed by atoms with van der Waals surface area (Å²) in [6.07, 6.45) is 1.10. The van der Waals surface area contributed by atoms with Crippen molar-refractivity contribution in [1.29, 1.82) is 0 Å². The van der Waals surface area contributed by atoms with Crippen LogP contribution in [0.25, 0.3) is 11.1 Å². The van der Waals surface area contributed by atoms with Gasteiger partial charge in [-0.1, -0.05) is 31.2 Å². The first-order valence-electron chi connectivity index (χ1n) is 7.43. The lowest BCUT2D eigenvalue weighted by Crippen LogP contribution is -2.14. The van der Waals surface area contributed by atoms with Crippen molar-refractivity contribution >= 4 is 0 Å². The summed E-state index contributed by atoms with van der Waals surface area (Å²) >= 11 is 0. The van der Waals surface area contributed by atoms with Crippen LogP contribution in [0.4, 0.5) is 0 Å². The van der Waals surface area contributed by atoms with Crippen LogP contribution in [0, 0.1) is 13.8 Å². The first-order valence-corrected chi connectivity index (χ1v) is 7.43. The Kier molecular flexibility index (Phi) is 4.61. The SMILES string of the molecule is CCC(NC)c1ccc(-c2c(C)nn(CC)c2C)cc1. The maximum atomic E-state index is 4.60. The molecule has 2 aromatic rings. The predicted octanol–water partition coefficient (Wildman–Crippen LogP) is 3.86. The summed E-state index contributed by atoms with van der Waals surface area (Å²) in [5.41, 5.74) is 6.23. The lowest BCUT2D eigenvalue weighted by atomic mass is 9.98. The van der Waals surface area contributed by atoms with Gasteiger partial charge in [-0.3, -0.25) is 4.68 Å². The Morgan fingerprint density at radius 3 is 2.25 bits per heavy atom. The third kappa shape index (κ3) is 2.63. The number of nitrogens with one attached hydrogen (secondary N) is 1. The van der Waals surface area contributed by atoms with E-state index in [0.717, 1.165) is 18.7 Å². The van der Waals surface area contributed by atoms with Gasteiger partial charge in [0, 0.05) is 23.8 Å². The largest absolute Gasteiger partial charge is 0.313 e. The molecule has 0 saturated carbocycles. The van der Waals surface area contributed by atoms with Crippen molar-refractivity contribution in [3.63, 3.8) is 0 Å². The summed E-state index contributed by atoms with van der Waals surface area (Å²) < 4.78 is 2.07. The molecule has 0 aliphatic rings. The lowest BCUT2D eigenvalue weighted by Gasteiger charge is -2.14. The van der Waals surface area contributed by atoms with E-state index in [1.54, 1.807) is 0 Å². The fourth-order valence-electron chi connectivity index (χ4n) is 2.91. The molecule has 0 spiro atoms. The zero-order valence-electron chi connectivity index (χ0n) is 13.2. The molecule has 0 aliphatic carbocycles. The Morgan fingerprint density at radius 1 is 1.15 bits per heavy atom. The van der Waals surface area contributed by atoms with Gasteiger partial charge in [-0.25, -0.2) is 0 Å². The van der Waals surface area contributed by atoms with Crippen LogP contribution in [0.5, 0.6) is 0 Å². The van der Waals surface area contributed by atoms with E-state index in [1.807, 2.05) is 7.05 Å². The van der Waals surface area contributed by atoms with Gasteiger partial charge in [0.15, 0.2) is 0 Å². The first-order chi connectivity index (χ1) is 9.62. The van der Waals surface area contributed by atoms with Crippen molar-refractivity contribution in [3.05, 3.63) is 41.2 Å². The van der Waals surface area contributed by atoms with Crippen molar-refractivity contribution < 1.29 is 0 Å². The van der Waals surface area contributed by atoms with Crippen LogP contribution >= 0.6 is 0 Å². The smallest absolute Gasteiger partial charge is 0.0674 e. The highest BCUT2D eigenvalue weighted by atomic mass is 15.3. The van der Waals surface area contributed by atoms with Crippen molar-refractivity contribution in [3.8, 4) is 11.1 Å². The second-order valence-corrected chi connectivity index (χ2v) is 5.23. The lowest BCUT2D eigenvalue weighted by molar-refractivity contribution is 0.577. The molecule has 0 saturated heterocycles. The molecule has 0 fully saturated rings. The highest BCUT2D eigenvalue weighted by molar-refractivity contribution is 5.68. The Labute approximate surface area is 122 Å². The Hall–Kier alpha value is -1.61. The minimum atomic E-state index is 0.435. The molecule has 2 rings (SSSR count). The van der Waals surface area contributed by atoms with E-state index < -0.39 is 0 Å². The molecule has 0 radical (unpaired) electrons. The zero-order valence-corrected chi connectivity index (χ0v) is 13.2. The van der Waals surface area contributed by atoms with Crippen LogP contribution in [-0.4, -0.2) is 16.8 Å². The summed E-state index contributed by atoms with van der Waals surface area (Å²) in [5.74, 6) is 0. The molecule has 3 nitrogen and oxygen atoms in total. The second-order valence-electron chi connectivity index (χ2n) is 5.23. The molecule has 108 valence electrons. The molecule has 3 heteroatoms. The molecule has 1 heterocycles. The van der Waals surface area contributed by atoms with Gasteiger partial charge >= 0.3 is 0 Å². The van der Waals surface area contributed by atoms with E-state index in [2.05, 4.69) is 67.1 Å². The van der Waals surface area contributed by atoms with Crippen molar-refractivity contribution in [1.82, 2.24) is 15.1 Å². The second kappa shape index (κ2) is 6.23. The standard InChI is InChI=1S/C17H25N3/c1-6-16(18-5)14-8-10-15(11-9-14)17-12(3)19-20(7-2)13(17)4/h8-11,16,18H,6-7H2,1-5H3. The van der Waals surface area contributed by atoms with Gasteiger partial charge < -0.3 is 5.32 Å². The van der Waals surface area contributed by atoms with Gasteiger partial charge in [-0.05, 0) is 45.4 Å². The van der Waals surface area contributed by atoms with Crippen LogP contribution in [0.2, 0.25) is 0 Å². The molecule has 0 bridgehead atoms. The van der Waals surface area contributed by atoms with E-state index >= 15 is 0 Å². The molecule has 1 aromatic carbocycles. The van der Waals surface area contributed by atoms with E-state index in [-0.39, 0.29) is 0 Å². The fraction of sp³-hybridized carbons (Fsp3) is 0.471. The van der Waals surface area contributed by atoms with E-state index in [9.17, 15) is 0 Å². The monoisotopic (exact) mass is 271 g/mol. The van der Waals surface area contributed by atoms with Crippen molar-refractivity contribution in [2.24, 2.45) is 0 Å². The van der Waals surface area contributed by atoms with Gasteiger partial charge in [-0.2, -0.15) is 5.10 Å². The molecule has 20 heavy (non-hydrogen) atoms. The maximum absolute atomic E-state index is 4.60. The number of benzene rings is 1. The third-order valence-electron chi connectivity index (χ3n) is 4.04. The molecule has 1 N–H and O–H groups in total. The fourth-order valence-corrected chi connectivity index (χ4v) is 2.91. The highest BCUT2D eigenvalue weighted by Crippen LogP contribution is 2.28. The average molecular weight is 271 g/mol. The number of aryl methyl sites for hydroxylation is 2. The van der Waals surface area contributed by atoms with Gasteiger partial charge in [0.25, 0.3) is 0 Å². The number of hydrogen-bond donors (Lipinski definition) is 1. The van der Waals surface area contributed by atoms with Crippen LogP contribution in [-0.2, 0) is 6.54 Å². The quantitative estimate of drug-likeness (QED) is 0.895. The molecule has 1 aromatic heterocycles. The number of rotatable bonds is 5. The first kappa shape index (κ1) is 14.8. The van der Waals surface area contributed by atoms with Gasteiger partial charge in [-0.15, -0.1) is 0 Å². The minimum Gasteiger partial charge on any atom is -0.313 e. The third-order valence-corrected chi connectivity index (χ3v) is 4.04. The Balaban J connectivity index is 2.37. The summed E-state index contributed by atoms with van der Waals surface area (Å²) in [6.45, 7) is 9.49. The maximum Gasteiger partial charge on any atom is 0.0674 e. The topological polar surface area (TPSA) is 29.9 Å². The number of aromatic nitrogens is 2. The van der Waals surface area contributed by atoms with Crippen LogP contribution < -0.4 is 5.32 Å². The highest BCUT2D eigenvalue weighted by Gasteiger charge is 2.13. The van der Waals surface area contributed by atoms with Crippen LogP contribution in [0.15, 0.2) is 24.3 Å². The molecule has 1 atom stereocenters. The molecular formula is C17H25N3. The predicted molar refractivity (Wildman–Crippen MR) is 84.9 cm³/mol.